The minimum atomic E-state index is -0.657. The van der Waals surface area contributed by atoms with Gasteiger partial charge in [0.25, 0.3) is 17.4 Å². The van der Waals surface area contributed by atoms with E-state index in [9.17, 15) is 19.2 Å². The standard InChI is InChI=1S/C21H20N4O5S/c1-25-21(29)12-6-3-2-5-11(12)14(24-25)9-17(27)30-10-16(26)23-20-18(19(22)28)13-7-4-8-15(13)31-20/h2-3,5-6H,4,7-10H2,1H3,(H2,22,28)(H,23,26). The van der Waals surface area contributed by atoms with Crippen molar-refractivity contribution >= 4 is 44.9 Å². The maximum atomic E-state index is 12.3. The number of benzene rings is 1. The molecule has 160 valence electrons. The number of nitrogens with zero attached hydrogens (tertiary/aromatic N) is 2. The minimum Gasteiger partial charge on any atom is -0.455 e. The number of rotatable bonds is 6. The van der Waals surface area contributed by atoms with Gasteiger partial charge in [-0.3, -0.25) is 19.2 Å². The Morgan fingerprint density at radius 1 is 1.23 bits per heavy atom. The van der Waals surface area contributed by atoms with Gasteiger partial charge in [-0.1, -0.05) is 18.2 Å². The first-order chi connectivity index (χ1) is 14.8. The fraction of sp³-hybridized carbons (Fsp3) is 0.286. The zero-order valence-electron chi connectivity index (χ0n) is 16.8. The van der Waals surface area contributed by atoms with E-state index in [1.807, 2.05) is 0 Å². The van der Waals surface area contributed by atoms with E-state index in [2.05, 4.69) is 10.4 Å². The third kappa shape index (κ3) is 4.06. The molecule has 1 aliphatic rings. The van der Waals surface area contributed by atoms with Gasteiger partial charge < -0.3 is 15.8 Å². The molecule has 0 radical (unpaired) electrons. The van der Waals surface area contributed by atoms with E-state index in [1.54, 1.807) is 24.3 Å². The summed E-state index contributed by atoms with van der Waals surface area (Å²) in [4.78, 5) is 49.6. The van der Waals surface area contributed by atoms with Crippen molar-refractivity contribution in [1.29, 1.82) is 0 Å². The van der Waals surface area contributed by atoms with E-state index in [4.69, 9.17) is 10.5 Å². The summed E-state index contributed by atoms with van der Waals surface area (Å²) in [5.41, 5.74) is 6.85. The number of nitrogens with two attached hydrogens (primary N) is 1. The van der Waals surface area contributed by atoms with Crippen LogP contribution in [0.3, 0.4) is 0 Å². The molecule has 0 fully saturated rings. The molecule has 10 heteroatoms. The molecule has 2 aromatic heterocycles. The van der Waals surface area contributed by atoms with Gasteiger partial charge in [-0.25, -0.2) is 4.68 Å². The number of carbonyl (C=O) groups is 3. The van der Waals surface area contributed by atoms with Crippen molar-refractivity contribution in [1.82, 2.24) is 9.78 Å². The number of hydrogen-bond acceptors (Lipinski definition) is 7. The lowest BCUT2D eigenvalue weighted by atomic mass is 10.1. The summed E-state index contributed by atoms with van der Waals surface area (Å²) in [6.07, 6.45) is 2.38. The first kappa shape index (κ1) is 20.7. The van der Waals surface area contributed by atoms with Crippen LogP contribution >= 0.6 is 11.3 Å². The van der Waals surface area contributed by atoms with Crippen molar-refractivity contribution in [3.63, 3.8) is 0 Å². The van der Waals surface area contributed by atoms with Gasteiger partial charge in [0.2, 0.25) is 0 Å². The van der Waals surface area contributed by atoms with E-state index in [1.165, 1.54) is 23.1 Å². The number of fused-ring (bicyclic) bond motifs is 2. The largest absolute Gasteiger partial charge is 0.455 e. The Hall–Kier alpha value is -3.53. The number of amides is 2. The Morgan fingerprint density at radius 3 is 2.71 bits per heavy atom. The van der Waals surface area contributed by atoms with E-state index >= 15 is 0 Å². The molecule has 2 heterocycles. The Balaban J connectivity index is 1.42. The van der Waals surface area contributed by atoms with Gasteiger partial charge in [-0.05, 0) is 30.9 Å². The van der Waals surface area contributed by atoms with Crippen LogP contribution in [0, 0.1) is 0 Å². The summed E-state index contributed by atoms with van der Waals surface area (Å²) in [5, 5.41) is 8.18. The van der Waals surface area contributed by atoms with Crippen LogP contribution in [0.5, 0.6) is 0 Å². The first-order valence-corrected chi connectivity index (χ1v) is 10.5. The number of primary amides is 1. The second kappa shape index (κ2) is 8.31. The van der Waals surface area contributed by atoms with E-state index in [0.29, 0.717) is 27.0 Å². The molecule has 0 bridgehead atoms. The van der Waals surface area contributed by atoms with Gasteiger partial charge in [0.05, 0.1) is 23.1 Å². The van der Waals surface area contributed by atoms with Crippen LogP contribution in [0.2, 0.25) is 0 Å². The number of ether oxygens (including phenoxy) is 1. The summed E-state index contributed by atoms with van der Waals surface area (Å²) < 4.78 is 6.25. The average molecular weight is 440 g/mol. The summed E-state index contributed by atoms with van der Waals surface area (Å²) in [6, 6.07) is 6.86. The lowest BCUT2D eigenvalue weighted by Gasteiger charge is -2.09. The summed E-state index contributed by atoms with van der Waals surface area (Å²) in [7, 11) is 1.51. The summed E-state index contributed by atoms with van der Waals surface area (Å²) in [6.45, 7) is -0.511. The highest BCUT2D eigenvalue weighted by Gasteiger charge is 2.26. The van der Waals surface area contributed by atoms with Crippen LogP contribution < -0.4 is 16.6 Å². The van der Waals surface area contributed by atoms with Crippen molar-refractivity contribution in [3.05, 3.63) is 56.3 Å². The second-order valence-corrected chi connectivity index (χ2v) is 8.34. The molecule has 0 unspecified atom stereocenters. The normalized spacial score (nSPS) is 12.5. The number of thiophene rings is 1. The molecule has 9 nitrogen and oxygen atoms in total. The number of aromatic nitrogens is 2. The predicted octanol–water partition coefficient (Wildman–Crippen LogP) is 1.31. The molecule has 0 aliphatic heterocycles. The molecule has 0 saturated heterocycles. The number of hydrogen-bond donors (Lipinski definition) is 2. The predicted molar refractivity (Wildman–Crippen MR) is 115 cm³/mol. The van der Waals surface area contributed by atoms with Crippen LogP contribution in [0.25, 0.3) is 10.8 Å². The zero-order valence-corrected chi connectivity index (χ0v) is 17.6. The average Bonchev–Trinajstić information content (AvgIpc) is 3.31. The smallest absolute Gasteiger partial charge is 0.312 e. The number of carbonyl (C=O) groups excluding carboxylic acids is 3. The summed E-state index contributed by atoms with van der Waals surface area (Å²) >= 11 is 1.33. The Kier molecular flexibility index (Phi) is 5.55. The maximum Gasteiger partial charge on any atom is 0.312 e. The van der Waals surface area contributed by atoms with E-state index in [-0.39, 0.29) is 12.0 Å². The SMILES string of the molecule is Cn1nc(CC(=O)OCC(=O)Nc2sc3c(c2C(N)=O)CCC3)c2ccccc2c1=O. The van der Waals surface area contributed by atoms with Crippen molar-refractivity contribution < 1.29 is 19.1 Å². The molecule has 3 N–H and O–H groups in total. The molecule has 1 aromatic carbocycles. The molecule has 1 aliphatic carbocycles. The number of anilines is 1. The van der Waals surface area contributed by atoms with Crippen LogP contribution in [0.1, 0.15) is 32.9 Å². The summed E-state index contributed by atoms with van der Waals surface area (Å²) in [5.74, 6) is -1.80. The lowest BCUT2D eigenvalue weighted by Crippen LogP contribution is -2.25. The molecule has 31 heavy (non-hydrogen) atoms. The van der Waals surface area contributed by atoms with Gasteiger partial charge >= 0.3 is 5.97 Å². The number of aryl methyl sites for hydroxylation is 2. The Bertz CT molecular complexity index is 1280. The third-order valence-electron chi connectivity index (χ3n) is 5.13. The minimum absolute atomic E-state index is 0.193. The van der Waals surface area contributed by atoms with Crippen molar-refractivity contribution in [3.8, 4) is 0 Å². The molecular formula is C21H20N4O5S. The Labute approximate surface area is 180 Å². The Morgan fingerprint density at radius 2 is 1.97 bits per heavy atom. The highest BCUT2D eigenvalue weighted by Crippen LogP contribution is 2.38. The molecule has 2 amide bonds. The highest BCUT2D eigenvalue weighted by molar-refractivity contribution is 7.17. The fourth-order valence-electron chi connectivity index (χ4n) is 3.76. The number of esters is 1. The van der Waals surface area contributed by atoms with Crippen LogP contribution in [0.4, 0.5) is 5.00 Å². The second-order valence-electron chi connectivity index (χ2n) is 7.23. The van der Waals surface area contributed by atoms with Crippen LogP contribution in [-0.2, 0) is 40.6 Å². The highest BCUT2D eigenvalue weighted by atomic mass is 32.1. The molecule has 0 spiro atoms. The van der Waals surface area contributed by atoms with E-state index in [0.717, 1.165) is 29.7 Å². The van der Waals surface area contributed by atoms with Crippen LogP contribution in [0.15, 0.2) is 29.1 Å². The van der Waals surface area contributed by atoms with Gasteiger partial charge in [0, 0.05) is 17.3 Å². The third-order valence-corrected chi connectivity index (χ3v) is 6.34. The van der Waals surface area contributed by atoms with Crippen molar-refractivity contribution in [2.24, 2.45) is 12.8 Å². The monoisotopic (exact) mass is 440 g/mol. The quantitative estimate of drug-likeness (QED) is 0.555. The molecule has 3 aromatic rings. The van der Waals surface area contributed by atoms with Gasteiger partial charge in [-0.15, -0.1) is 11.3 Å². The zero-order chi connectivity index (χ0) is 22.1. The number of nitrogens with one attached hydrogen (secondary N) is 1. The molecule has 0 saturated carbocycles. The van der Waals surface area contributed by atoms with E-state index < -0.39 is 24.4 Å². The van der Waals surface area contributed by atoms with Crippen LogP contribution in [-0.4, -0.2) is 34.2 Å². The lowest BCUT2D eigenvalue weighted by molar-refractivity contribution is -0.146. The molecule has 4 rings (SSSR count). The van der Waals surface area contributed by atoms with Crippen molar-refractivity contribution in [2.45, 2.75) is 25.7 Å². The fourth-order valence-corrected chi connectivity index (χ4v) is 5.07. The molecule has 0 atom stereocenters. The van der Waals surface area contributed by atoms with Gasteiger partial charge in [0.1, 0.15) is 5.00 Å². The topological polar surface area (TPSA) is 133 Å². The van der Waals surface area contributed by atoms with Gasteiger partial charge in [0.15, 0.2) is 6.61 Å². The molecular weight excluding hydrogens is 420 g/mol. The van der Waals surface area contributed by atoms with Gasteiger partial charge in [-0.2, -0.15) is 5.10 Å². The van der Waals surface area contributed by atoms with Crippen molar-refractivity contribution in [2.75, 3.05) is 11.9 Å². The first-order valence-electron chi connectivity index (χ1n) is 9.70. The maximum absolute atomic E-state index is 12.3.